The van der Waals surface area contributed by atoms with Crippen LogP contribution in [0, 0.1) is 0 Å². The third kappa shape index (κ3) is 2.75. The molecule has 3 nitrogen and oxygen atoms in total. The van der Waals surface area contributed by atoms with Crippen molar-refractivity contribution in [2.24, 2.45) is 10.8 Å². The molecule has 1 aliphatic heterocycles. The molecule has 0 aliphatic carbocycles. The summed E-state index contributed by atoms with van der Waals surface area (Å²) in [6.45, 7) is 3.17. The van der Waals surface area contributed by atoms with E-state index in [0.29, 0.717) is 6.04 Å². The molecule has 1 aromatic rings. The fourth-order valence-corrected chi connectivity index (χ4v) is 2.07. The lowest BCUT2D eigenvalue weighted by atomic mass is 10.1. The summed E-state index contributed by atoms with van der Waals surface area (Å²) < 4.78 is 0. The summed E-state index contributed by atoms with van der Waals surface area (Å²) in [5.41, 5.74) is 7.10. The molecule has 3 heteroatoms. The first-order chi connectivity index (χ1) is 7.75. The van der Waals surface area contributed by atoms with Crippen molar-refractivity contribution >= 4 is 5.84 Å². The number of hydrazone groups is 1. The molecule has 1 aromatic carbocycles. The predicted octanol–water partition coefficient (Wildman–Crippen LogP) is 1.99. The number of benzene rings is 1. The molecule has 1 unspecified atom stereocenters. The monoisotopic (exact) mass is 217 g/mol. The van der Waals surface area contributed by atoms with E-state index < -0.39 is 0 Å². The van der Waals surface area contributed by atoms with Gasteiger partial charge in [-0.05, 0) is 25.3 Å². The van der Waals surface area contributed by atoms with E-state index >= 15 is 0 Å². The van der Waals surface area contributed by atoms with E-state index in [0.717, 1.165) is 31.6 Å². The molecule has 0 fully saturated rings. The number of amidine groups is 1. The first-order valence-corrected chi connectivity index (χ1v) is 5.89. The molecule has 2 N–H and O–H groups in total. The van der Waals surface area contributed by atoms with Crippen molar-refractivity contribution in [1.29, 1.82) is 0 Å². The summed E-state index contributed by atoms with van der Waals surface area (Å²) in [5, 5.41) is 6.44. The molecule has 2 rings (SSSR count). The van der Waals surface area contributed by atoms with Gasteiger partial charge in [0.05, 0.1) is 6.04 Å². The molecular weight excluding hydrogens is 198 g/mol. The van der Waals surface area contributed by atoms with Gasteiger partial charge in [-0.25, -0.2) is 0 Å². The van der Waals surface area contributed by atoms with E-state index in [1.807, 2.05) is 0 Å². The number of rotatable bonds is 4. The quantitative estimate of drug-likeness (QED) is 0.838. The van der Waals surface area contributed by atoms with Crippen molar-refractivity contribution in [3.63, 3.8) is 0 Å². The SMILES string of the molecule is CC1CC(N)=NN1CCCc1ccccc1. The van der Waals surface area contributed by atoms with Gasteiger partial charge in [-0.15, -0.1) is 0 Å². The van der Waals surface area contributed by atoms with Crippen LogP contribution in [-0.2, 0) is 6.42 Å². The molecular formula is C13H19N3. The van der Waals surface area contributed by atoms with Crippen LogP contribution in [0.2, 0.25) is 0 Å². The molecule has 86 valence electrons. The van der Waals surface area contributed by atoms with Crippen LogP contribution in [0.15, 0.2) is 35.4 Å². The van der Waals surface area contributed by atoms with Crippen LogP contribution in [0.4, 0.5) is 0 Å². The van der Waals surface area contributed by atoms with Gasteiger partial charge in [-0.2, -0.15) is 5.10 Å². The summed E-state index contributed by atoms with van der Waals surface area (Å²) in [7, 11) is 0. The van der Waals surface area contributed by atoms with E-state index in [1.165, 1.54) is 5.56 Å². The molecule has 0 bridgehead atoms. The molecule has 0 radical (unpaired) electrons. The van der Waals surface area contributed by atoms with Crippen molar-refractivity contribution in [2.75, 3.05) is 6.54 Å². The summed E-state index contributed by atoms with van der Waals surface area (Å²) in [6.07, 6.45) is 3.15. The Bertz CT molecular complexity index is 359. The molecule has 1 aliphatic rings. The highest BCUT2D eigenvalue weighted by atomic mass is 15.5. The predicted molar refractivity (Wildman–Crippen MR) is 67.2 cm³/mol. The topological polar surface area (TPSA) is 41.6 Å². The van der Waals surface area contributed by atoms with Crippen LogP contribution in [0.25, 0.3) is 0 Å². The van der Waals surface area contributed by atoms with Gasteiger partial charge in [0, 0.05) is 13.0 Å². The van der Waals surface area contributed by atoms with E-state index in [1.54, 1.807) is 0 Å². The normalized spacial score (nSPS) is 19.9. The smallest absolute Gasteiger partial charge is 0.121 e. The fraction of sp³-hybridized carbons (Fsp3) is 0.462. The zero-order valence-corrected chi connectivity index (χ0v) is 9.76. The van der Waals surface area contributed by atoms with Crippen LogP contribution < -0.4 is 5.73 Å². The minimum atomic E-state index is 0.468. The van der Waals surface area contributed by atoms with Crippen molar-refractivity contribution < 1.29 is 0 Å². The molecule has 0 amide bonds. The second kappa shape index (κ2) is 5.01. The second-order valence-corrected chi connectivity index (χ2v) is 4.40. The highest BCUT2D eigenvalue weighted by Crippen LogP contribution is 2.13. The highest BCUT2D eigenvalue weighted by Gasteiger charge is 2.19. The third-order valence-corrected chi connectivity index (χ3v) is 2.97. The molecule has 0 spiro atoms. The lowest BCUT2D eigenvalue weighted by molar-refractivity contribution is 0.242. The second-order valence-electron chi connectivity index (χ2n) is 4.40. The van der Waals surface area contributed by atoms with E-state index in [2.05, 4.69) is 47.4 Å². The van der Waals surface area contributed by atoms with Crippen LogP contribution >= 0.6 is 0 Å². The first-order valence-electron chi connectivity index (χ1n) is 5.89. The molecule has 0 aromatic heterocycles. The Kier molecular flexibility index (Phi) is 3.44. The summed E-state index contributed by atoms with van der Waals surface area (Å²) in [6, 6.07) is 11.0. The van der Waals surface area contributed by atoms with Gasteiger partial charge in [0.15, 0.2) is 0 Å². The van der Waals surface area contributed by atoms with Gasteiger partial charge in [0.25, 0.3) is 0 Å². The van der Waals surface area contributed by atoms with E-state index in [9.17, 15) is 0 Å². The average molecular weight is 217 g/mol. The lowest BCUT2D eigenvalue weighted by Gasteiger charge is -2.19. The zero-order valence-electron chi connectivity index (χ0n) is 9.76. The summed E-state index contributed by atoms with van der Waals surface area (Å²) in [4.78, 5) is 0. The van der Waals surface area contributed by atoms with E-state index in [4.69, 9.17) is 5.73 Å². The van der Waals surface area contributed by atoms with Gasteiger partial charge in [-0.1, -0.05) is 30.3 Å². The van der Waals surface area contributed by atoms with Crippen LogP contribution in [-0.4, -0.2) is 23.4 Å². The number of hydrogen-bond donors (Lipinski definition) is 1. The Morgan fingerprint density at radius 2 is 2.12 bits per heavy atom. The third-order valence-electron chi connectivity index (χ3n) is 2.97. The number of nitrogens with two attached hydrogens (primary N) is 1. The van der Waals surface area contributed by atoms with Gasteiger partial charge in [-0.3, -0.25) is 5.01 Å². The Morgan fingerprint density at radius 3 is 2.75 bits per heavy atom. The minimum Gasteiger partial charge on any atom is -0.386 e. The maximum absolute atomic E-state index is 5.71. The van der Waals surface area contributed by atoms with Crippen molar-refractivity contribution in [3.05, 3.63) is 35.9 Å². The Balaban J connectivity index is 1.77. The lowest BCUT2D eigenvalue weighted by Crippen LogP contribution is -2.24. The van der Waals surface area contributed by atoms with Gasteiger partial charge < -0.3 is 5.73 Å². The Morgan fingerprint density at radius 1 is 1.38 bits per heavy atom. The first kappa shape index (κ1) is 11.0. The van der Waals surface area contributed by atoms with Crippen LogP contribution in [0.3, 0.4) is 0 Å². The van der Waals surface area contributed by atoms with Crippen LogP contribution in [0.1, 0.15) is 25.3 Å². The Labute approximate surface area is 96.9 Å². The van der Waals surface area contributed by atoms with Crippen molar-refractivity contribution in [3.8, 4) is 0 Å². The van der Waals surface area contributed by atoms with Gasteiger partial charge >= 0.3 is 0 Å². The molecule has 1 atom stereocenters. The average Bonchev–Trinajstić information content (AvgIpc) is 2.59. The number of aryl methyl sites for hydroxylation is 1. The fourth-order valence-electron chi connectivity index (χ4n) is 2.07. The van der Waals surface area contributed by atoms with Gasteiger partial charge in [0.1, 0.15) is 5.84 Å². The minimum absolute atomic E-state index is 0.468. The zero-order chi connectivity index (χ0) is 11.4. The maximum atomic E-state index is 5.71. The van der Waals surface area contributed by atoms with E-state index in [-0.39, 0.29) is 0 Å². The summed E-state index contributed by atoms with van der Waals surface area (Å²) in [5.74, 6) is 0.771. The highest BCUT2D eigenvalue weighted by molar-refractivity contribution is 5.81. The molecule has 16 heavy (non-hydrogen) atoms. The standard InChI is InChI=1S/C13H19N3/c1-11-10-13(14)15-16(11)9-5-8-12-6-3-2-4-7-12/h2-4,6-7,11H,5,8-10H2,1H3,(H2,14,15). The molecule has 0 saturated heterocycles. The van der Waals surface area contributed by atoms with Gasteiger partial charge in [0.2, 0.25) is 0 Å². The summed E-state index contributed by atoms with van der Waals surface area (Å²) >= 11 is 0. The number of nitrogens with zero attached hydrogens (tertiary/aromatic N) is 2. The Hall–Kier alpha value is -1.51. The largest absolute Gasteiger partial charge is 0.386 e. The van der Waals surface area contributed by atoms with Crippen molar-refractivity contribution in [1.82, 2.24) is 5.01 Å². The van der Waals surface area contributed by atoms with Crippen molar-refractivity contribution in [2.45, 2.75) is 32.2 Å². The number of hydrogen-bond acceptors (Lipinski definition) is 3. The molecule has 0 saturated carbocycles. The maximum Gasteiger partial charge on any atom is 0.121 e. The van der Waals surface area contributed by atoms with Crippen LogP contribution in [0.5, 0.6) is 0 Å². The molecule has 1 heterocycles.